The van der Waals surface area contributed by atoms with Crippen LogP contribution in [-0.4, -0.2) is 17.4 Å². The van der Waals surface area contributed by atoms with Crippen molar-refractivity contribution in [1.82, 2.24) is 0 Å². The molecule has 1 N–H and O–H groups in total. The number of hydrogen-bond acceptors (Lipinski definition) is 2. The first-order chi connectivity index (χ1) is 5.85. The molecule has 0 aromatic carbocycles. The Kier molecular flexibility index (Phi) is 3.07. The summed E-state index contributed by atoms with van der Waals surface area (Å²) in [5, 5.41) is 8.44. The molecule has 1 fully saturated rings. The quantitative estimate of drug-likeness (QED) is 0.795. The molecule has 0 aromatic rings. The van der Waals surface area contributed by atoms with Crippen LogP contribution in [0.2, 0.25) is 0 Å². The fourth-order valence-corrected chi connectivity index (χ4v) is 1.97. The number of halogens is 2. The largest absolute Gasteiger partial charge is 0.506 e. The van der Waals surface area contributed by atoms with Crippen LogP contribution in [0.15, 0.2) is 9.47 Å². The van der Waals surface area contributed by atoms with Gasteiger partial charge in [0.15, 0.2) is 0 Å². The summed E-state index contributed by atoms with van der Waals surface area (Å²) in [7, 11) is 0. The van der Waals surface area contributed by atoms with E-state index in [1.54, 1.807) is 0 Å². The first-order valence-electron chi connectivity index (χ1n) is 3.78. The van der Waals surface area contributed by atoms with Crippen molar-refractivity contribution in [3.63, 3.8) is 0 Å². The molecule has 0 spiro atoms. The van der Waals surface area contributed by atoms with Crippen LogP contribution in [0.1, 0.15) is 13.8 Å². The van der Waals surface area contributed by atoms with Crippen LogP contribution in [-0.2, 0) is 4.74 Å². The Morgan fingerprint density at radius 3 is 2.46 bits per heavy atom. The van der Waals surface area contributed by atoms with E-state index in [-0.39, 0.29) is 17.4 Å². The highest BCUT2D eigenvalue weighted by molar-refractivity contribution is 9.28. The normalized spacial score (nSPS) is 29.2. The Labute approximate surface area is 93.4 Å². The van der Waals surface area contributed by atoms with E-state index in [4.69, 9.17) is 9.84 Å². The maximum Gasteiger partial charge on any atom is 0.506 e. The molecule has 0 bridgehead atoms. The highest BCUT2D eigenvalue weighted by Crippen LogP contribution is 2.55. The van der Waals surface area contributed by atoms with Crippen LogP contribution in [0, 0.1) is 11.3 Å². The lowest BCUT2D eigenvalue weighted by molar-refractivity contribution is 0.0732. The monoisotopic (exact) mass is 312 g/mol. The van der Waals surface area contributed by atoms with Crippen LogP contribution < -0.4 is 0 Å². The van der Waals surface area contributed by atoms with E-state index in [1.807, 2.05) is 19.9 Å². The van der Waals surface area contributed by atoms with Crippen molar-refractivity contribution in [2.24, 2.45) is 11.3 Å². The Bertz CT molecular complexity index is 256. The molecule has 2 unspecified atom stereocenters. The van der Waals surface area contributed by atoms with E-state index in [1.165, 1.54) is 0 Å². The molecule has 1 aliphatic rings. The summed E-state index contributed by atoms with van der Waals surface area (Å²) < 4.78 is 5.55. The van der Waals surface area contributed by atoms with Crippen molar-refractivity contribution in [3.8, 4) is 0 Å². The van der Waals surface area contributed by atoms with Crippen molar-refractivity contribution in [2.45, 2.75) is 20.0 Å². The molecule has 0 heterocycles. The van der Waals surface area contributed by atoms with E-state index >= 15 is 0 Å². The zero-order valence-electron chi connectivity index (χ0n) is 7.25. The highest BCUT2D eigenvalue weighted by Gasteiger charge is 2.59. The van der Waals surface area contributed by atoms with E-state index in [0.29, 0.717) is 0 Å². The molecule has 13 heavy (non-hydrogen) atoms. The van der Waals surface area contributed by atoms with Crippen LogP contribution in [0.25, 0.3) is 0 Å². The summed E-state index contributed by atoms with van der Waals surface area (Å²) in [6.45, 7) is 3.95. The third-order valence-corrected chi connectivity index (χ3v) is 2.87. The van der Waals surface area contributed by atoms with Gasteiger partial charge in [0.25, 0.3) is 0 Å². The van der Waals surface area contributed by atoms with E-state index in [9.17, 15) is 4.79 Å². The van der Waals surface area contributed by atoms with Gasteiger partial charge in [-0.15, -0.1) is 0 Å². The minimum atomic E-state index is -1.21. The third kappa shape index (κ3) is 2.47. The van der Waals surface area contributed by atoms with Gasteiger partial charge in [0.05, 0.1) is 3.39 Å². The van der Waals surface area contributed by atoms with Crippen molar-refractivity contribution in [2.75, 3.05) is 0 Å². The molecule has 5 heteroatoms. The van der Waals surface area contributed by atoms with Gasteiger partial charge in [0, 0.05) is 11.3 Å². The Morgan fingerprint density at radius 2 is 2.08 bits per heavy atom. The number of carboxylic acid groups (broad SMARTS) is 1. The molecule has 0 aliphatic heterocycles. The van der Waals surface area contributed by atoms with Crippen LogP contribution in [0.3, 0.4) is 0 Å². The molecule has 1 saturated carbocycles. The number of rotatable bonds is 2. The van der Waals surface area contributed by atoms with Gasteiger partial charge in [0.2, 0.25) is 0 Å². The number of ether oxygens (including phenoxy) is 1. The average Bonchev–Trinajstić information content (AvgIpc) is 2.36. The summed E-state index contributed by atoms with van der Waals surface area (Å²) in [4.78, 5) is 10.3. The Balaban J connectivity index is 2.61. The third-order valence-electron chi connectivity index (χ3n) is 2.34. The minimum absolute atomic E-state index is 0.0921. The van der Waals surface area contributed by atoms with Gasteiger partial charge in [-0.1, -0.05) is 19.9 Å². The molecule has 2 atom stereocenters. The Morgan fingerprint density at radius 1 is 1.54 bits per heavy atom. The number of carbonyl (C=O) groups is 1. The van der Waals surface area contributed by atoms with Gasteiger partial charge in [-0.2, -0.15) is 0 Å². The van der Waals surface area contributed by atoms with Gasteiger partial charge in [-0.05, 0) is 31.9 Å². The second kappa shape index (κ2) is 3.61. The molecule has 1 aliphatic carbocycles. The molecule has 0 amide bonds. The maximum absolute atomic E-state index is 10.3. The predicted octanol–water partition coefficient (Wildman–Crippen LogP) is 3.34. The first-order valence-corrected chi connectivity index (χ1v) is 5.36. The molecule has 0 aromatic heterocycles. The number of hydrogen-bond donors (Lipinski definition) is 1. The highest BCUT2D eigenvalue weighted by atomic mass is 79.9. The Hall–Kier alpha value is -0.0300. The molecule has 0 radical (unpaired) electrons. The minimum Gasteiger partial charge on any atom is -0.450 e. The lowest BCUT2D eigenvalue weighted by Crippen LogP contribution is -2.07. The molecular formula is C8H10Br2O3. The SMILES string of the molecule is CC1(C)C(C=C(Br)Br)C1OC(=O)O. The molecule has 74 valence electrons. The molecule has 0 saturated heterocycles. The predicted molar refractivity (Wildman–Crippen MR) is 56.1 cm³/mol. The zero-order chi connectivity index (χ0) is 10.2. The molecule has 3 nitrogen and oxygen atoms in total. The average molecular weight is 314 g/mol. The fourth-order valence-electron chi connectivity index (χ4n) is 1.40. The van der Waals surface area contributed by atoms with E-state index in [2.05, 4.69) is 31.9 Å². The fraction of sp³-hybridized carbons (Fsp3) is 0.625. The summed E-state index contributed by atoms with van der Waals surface area (Å²) >= 11 is 6.47. The van der Waals surface area contributed by atoms with Gasteiger partial charge in [-0.3, -0.25) is 0 Å². The van der Waals surface area contributed by atoms with Crippen LogP contribution in [0.4, 0.5) is 4.79 Å². The van der Waals surface area contributed by atoms with Crippen molar-refractivity contribution < 1.29 is 14.6 Å². The van der Waals surface area contributed by atoms with Crippen molar-refractivity contribution >= 4 is 38.0 Å². The van der Waals surface area contributed by atoms with Gasteiger partial charge < -0.3 is 9.84 Å². The first kappa shape index (κ1) is 11.0. The second-order valence-corrected chi connectivity index (χ2v) is 6.38. The van der Waals surface area contributed by atoms with Crippen molar-refractivity contribution in [1.29, 1.82) is 0 Å². The standard InChI is InChI=1S/C8H10Br2O3/c1-8(2)4(3-5(9)10)6(8)13-7(11)12/h3-4,6H,1-2H3,(H,11,12). The van der Waals surface area contributed by atoms with E-state index in [0.717, 1.165) is 3.39 Å². The lowest BCUT2D eigenvalue weighted by Gasteiger charge is -1.99. The lowest BCUT2D eigenvalue weighted by atomic mass is 10.1. The van der Waals surface area contributed by atoms with Gasteiger partial charge in [0.1, 0.15) is 6.10 Å². The molecular weight excluding hydrogens is 304 g/mol. The van der Waals surface area contributed by atoms with Gasteiger partial charge >= 0.3 is 6.16 Å². The topological polar surface area (TPSA) is 46.5 Å². The van der Waals surface area contributed by atoms with Crippen LogP contribution in [0.5, 0.6) is 0 Å². The summed E-state index contributed by atoms with van der Waals surface area (Å²) in [6, 6.07) is 0. The van der Waals surface area contributed by atoms with E-state index < -0.39 is 6.16 Å². The molecule has 1 rings (SSSR count). The smallest absolute Gasteiger partial charge is 0.450 e. The van der Waals surface area contributed by atoms with Crippen LogP contribution >= 0.6 is 31.9 Å². The van der Waals surface area contributed by atoms with Crippen molar-refractivity contribution in [3.05, 3.63) is 9.47 Å². The van der Waals surface area contributed by atoms with Gasteiger partial charge in [-0.25, -0.2) is 4.79 Å². The maximum atomic E-state index is 10.3. The summed E-state index contributed by atoms with van der Waals surface area (Å²) in [5.41, 5.74) is -0.0921. The second-order valence-electron chi connectivity index (χ2n) is 3.61. The summed E-state index contributed by atoms with van der Waals surface area (Å²) in [5.74, 6) is 0.150. The summed E-state index contributed by atoms with van der Waals surface area (Å²) in [6.07, 6.45) is 0.475. The zero-order valence-corrected chi connectivity index (χ0v) is 10.4.